The fourth-order valence-electron chi connectivity index (χ4n) is 1.64. The maximum absolute atomic E-state index is 5.00. The molecule has 0 rings (SSSR count). The Kier molecular flexibility index (Phi) is 17.8. The summed E-state index contributed by atoms with van der Waals surface area (Å²) in [5.41, 5.74) is 0. The first-order valence-corrected chi connectivity index (χ1v) is 7.01. The molecule has 0 bridgehead atoms. The summed E-state index contributed by atoms with van der Waals surface area (Å²) in [6.45, 7) is 13.1. The van der Waals surface area contributed by atoms with E-state index in [0.29, 0.717) is 6.61 Å². The van der Waals surface area contributed by atoms with E-state index in [9.17, 15) is 0 Å². The summed E-state index contributed by atoms with van der Waals surface area (Å²) in [5.74, 6) is 0.883. The van der Waals surface area contributed by atoms with Crippen molar-refractivity contribution in [1.82, 2.24) is 15.5 Å². The van der Waals surface area contributed by atoms with E-state index in [1.54, 1.807) is 7.11 Å². The van der Waals surface area contributed by atoms with Gasteiger partial charge in [-0.1, -0.05) is 13.8 Å². The van der Waals surface area contributed by atoms with Crippen LogP contribution in [0.2, 0.25) is 0 Å². The topological polar surface area (TPSA) is 48.9 Å². The Morgan fingerprint density at radius 1 is 1.16 bits per heavy atom. The number of ether oxygens (including phenoxy) is 1. The molecule has 0 fully saturated rings. The van der Waals surface area contributed by atoms with Gasteiger partial charge in [0.25, 0.3) is 0 Å². The van der Waals surface area contributed by atoms with Crippen molar-refractivity contribution in [3.63, 3.8) is 0 Å². The first kappa shape index (κ1) is 21.2. The lowest BCUT2D eigenvalue weighted by atomic mass is 10.4. The second-order valence-electron chi connectivity index (χ2n) is 4.06. The van der Waals surface area contributed by atoms with Crippen molar-refractivity contribution in [2.75, 3.05) is 53.0 Å². The van der Waals surface area contributed by atoms with E-state index >= 15 is 0 Å². The molecular formula is C13H31IN4O. The Morgan fingerprint density at radius 3 is 2.37 bits per heavy atom. The van der Waals surface area contributed by atoms with Crippen LogP contribution < -0.4 is 10.6 Å². The molecule has 5 nitrogen and oxygen atoms in total. The highest BCUT2D eigenvalue weighted by atomic mass is 127. The minimum Gasteiger partial charge on any atom is -0.383 e. The average molecular weight is 386 g/mol. The van der Waals surface area contributed by atoms with Gasteiger partial charge in [0.2, 0.25) is 0 Å². The summed E-state index contributed by atoms with van der Waals surface area (Å²) in [4.78, 5) is 6.96. The number of nitrogens with one attached hydrogen (secondary N) is 2. The van der Waals surface area contributed by atoms with Gasteiger partial charge in [0, 0.05) is 26.7 Å². The Balaban J connectivity index is 0. The molecule has 6 heteroatoms. The van der Waals surface area contributed by atoms with Crippen LogP contribution in [0.15, 0.2) is 4.99 Å². The summed E-state index contributed by atoms with van der Waals surface area (Å²) in [6, 6.07) is 0. The van der Waals surface area contributed by atoms with Gasteiger partial charge in [-0.25, -0.2) is 0 Å². The molecule has 0 heterocycles. The van der Waals surface area contributed by atoms with Crippen LogP contribution in [0.4, 0.5) is 0 Å². The van der Waals surface area contributed by atoms with Crippen molar-refractivity contribution >= 4 is 29.9 Å². The van der Waals surface area contributed by atoms with E-state index in [2.05, 4.69) is 41.3 Å². The van der Waals surface area contributed by atoms with Crippen molar-refractivity contribution in [3.05, 3.63) is 0 Å². The molecule has 0 saturated carbocycles. The number of hydrogen-bond donors (Lipinski definition) is 2. The molecule has 0 atom stereocenters. The lowest BCUT2D eigenvalue weighted by molar-refractivity contribution is 0.203. The number of rotatable bonds is 10. The maximum Gasteiger partial charge on any atom is 0.191 e. The molecule has 0 saturated heterocycles. The first-order chi connectivity index (χ1) is 8.78. The van der Waals surface area contributed by atoms with Crippen LogP contribution >= 0.6 is 24.0 Å². The van der Waals surface area contributed by atoms with Gasteiger partial charge in [0.15, 0.2) is 5.96 Å². The fourth-order valence-corrected chi connectivity index (χ4v) is 1.64. The van der Waals surface area contributed by atoms with Crippen LogP contribution in [-0.4, -0.2) is 63.8 Å². The number of nitrogens with zero attached hydrogens (tertiary/aromatic N) is 2. The number of methoxy groups -OCH3 is 1. The third-order valence-electron chi connectivity index (χ3n) is 2.74. The average Bonchev–Trinajstić information content (AvgIpc) is 2.39. The van der Waals surface area contributed by atoms with Gasteiger partial charge >= 0.3 is 0 Å². The molecule has 0 aromatic heterocycles. The van der Waals surface area contributed by atoms with Crippen LogP contribution in [0.3, 0.4) is 0 Å². The molecule has 19 heavy (non-hydrogen) atoms. The summed E-state index contributed by atoms with van der Waals surface area (Å²) in [7, 11) is 1.70. The number of aliphatic imine (C=N–C) groups is 1. The van der Waals surface area contributed by atoms with Crippen LogP contribution in [0.25, 0.3) is 0 Å². The molecular weight excluding hydrogens is 355 g/mol. The highest BCUT2D eigenvalue weighted by molar-refractivity contribution is 14.0. The molecule has 0 spiro atoms. The first-order valence-electron chi connectivity index (χ1n) is 7.01. The zero-order chi connectivity index (χ0) is 13.6. The van der Waals surface area contributed by atoms with Crippen molar-refractivity contribution in [2.24, 2.45) is 4.99 Å². The Hall–Kier alpha value is -0.0800. The lowest BCUT2D eigenvalue weighted by Crippen LogP contribution is -2.39. The summed E-state index contributed by atoms with van der Waals surface area (Å²) < 4.78 is 5.00. The molecule has 116 valence electrons. The summed E-state index contributed by atoms with van der Waals surface area (Å²) in [5, 5.41) is 6.47. The second-order valence-corrected chi connectivity index (χ2v) is 4.06. The van der Waals surface area contributed by atoms with E-state index in [1.165, 1.54) is 0 Å². The maximum atomic E-state index is 5.00. The van der Waals surface area contributed by atoms with Crippen LogP contribution in [0.5, 0.6) is 0 Å². The van der Waals surface area contributed by atoms with Crippen LogP contribution in [-0.2, 0) is 4.74 Å². The third-order valence-corrected chi connectivity index (χ3v) is 2.74. The van der Waals surface area contributed by atoms with Crippen molar-refractivity contribution < 1.29 is 4.74 Å². The predicted molar refractivity (Wildman–Crippen MR) is 93.7 cm³/mol. The quantitative estimate of drug-likeness (QED) is 0.259. The van der Waals surface area contributed by atoms with E-state index < -0.39 is 0 Å². The van der Waals surface area contributed by atoms with Crippen LogP contribution in [0, 0.1) is 0 Å². The molecule has 0 aliphatic rings. The second kappa shape index (κ2) is 16.0. The fraction of sp³-hybridized carbons (Fsp3) is 0.923. The van der Waals surface area contributed by atoms with Gasteiger partial charge in [-0.3, -0.25) is 4.99 Å². The highest BCUT2D eigenvalue weighted by Crippen LogP contribution is 1.91. The summed E-state index contributed by atoms with van der Waals surface area (Å²) >= 11 is 0. The Morgan fingerprint density at radius 2 is 1.84 bits per heavy atom. The van der Waals surface area contributed by atoms with Crippen LogP contribution in [0.1, 0.15) is 27.2 Å². The predicted octanol–water partition coefficient (Wildman–Crippen LogP) is 1.54. The Labute approximate surface area is 135 Å². The van der Waals surface area contributed by atoms with Gasteiger partial charge in [0.1, 0.15) is 0 Å². The van der Waals surface area contributed by atoms with Crippen molar-refractivity contribution in [2.45, 2.75) is 27.2 Å². The van der Waals surface area contributed by atoms with E-state index in [1.807, 2.05) is 0 Å². The van der Waals surface area contributed by atoms with Gasteiger partial charge in [-0.05, 0) is 33.0 Å². The molecule has 0 unspecified atom stereocenters. The molecule has 0 amide bonds. The smallest absolute Gasteiger partial charge is 0.191 e. The van der Waals surface area contributed by atoms with Gasteiger partial charge in [-0.2, -0.15) is 0 Å². The van der Waals surface area contributed by atoms with E-state index in [0.717, 1.165) is 51.6 Å². The largest absolute Gasteiger partial charge is 0.383 e. The monoisotopic (exact) mass is 386 g/mol. The van der Waals surface area contributed by atoms with E-state index in [4.69, 9.17) is 4.74 Å². The molecule has 0 aliphatic heterocycles. The zero-order valence-electron chi connectivity index (χ0n) is 12.9. The standard InChI is InChI=1S/C13H30N4O.HI/c1-5-14-13(16-10-12-18-4)15-9-8-11-17(6-2)7-3;/h5-12H2,1-4H3,(H2,14,15,16);1H. The lowest BCUT2D eigenvalue weighted by Gasteiger charge is -2.17. The minimum absolute atomic E-state index is 0. The molecule has 0 aliphatic carbocycles. The SMILES string of the molecule is CCNC(=NCCCN(CC)CC)NCCOC.I. The number of halogens is 1. The minimum atomic E-state index is 0. The summed E-state index contributed by atoms with van der Waals surface area (Å²) in [6.07, 6.45) is 1.10. The Bertz CT molecular complexity index is 211. The zero-order valence-corrected chi connectivity index (χ0v) is 15.2. The third kappa shape index (κ3) is 12.7. The highest BCUT2D eigenvalue weighted by Gasteiger charge is 1.99. The molecule has 0 radical (unpaired) electrons. The van der Waals surface area contributed by atoms with Crippen molar-refractivity contribution in [1.29, 1.82) is 0 Å². The molecule has 2 N–H and O–H groups in total. The van der Waals surface area contributed by atoms with E-state index in [-0.39, 0.29) is 24.0 Å². The van der Waals surface area contributed by atoms with Crippen molar-refractivity contribution in [3.8, 4) is 0 Å². The van der Waals surface area contributed by atoms with Gasteiger partial charge in [0.05, 0.1) is 6.61 Å². The van der Waals surface area contributed by atoms with Gasteiger partial charge < -0.3 is 20.3 Å². The molecule has 0 aromatic rings. The molecule has 0 aromatic carbocycles. The number of guanidine groups is 1. The number of hydrogen-bond acceptors (Lipinski definition) is 3. The normalized spacial score (nSPS) is 11.3. The van der Waals surface area contributed by atoms with Gasteiger partial charge in [-0.15, -0.1) is 24.0 Å².